The van der Waals surface area contributed by atoms with Crippen LogP contribution in [0.2, 0.25) is 0 Å². The molecule has 1 aliphatic rings. The van der Waals surface area contributed by atoms with Gasteiger partial charge in [-0.25, -0.2) is 14.4 Å². The monoisotopic (exact) mass is 661 g/mol. The lowest BCUT2D eigenvalue weighted by atomic mass is 9.92. The molecular formula is C36H39N9O4. The SMILES string of the molecule is CC(C)C(=O)N1CCC(c2cc(-c3ccc(NC(=O)c4cn(C(C)C)c(=O)n(-c5cccc(C#N)c5)c4=O)cc3)c(C(N)=NC=N)[nH]2)CC1. The van der Waals surface area contributed by atoms with Crippen LogP contribution in [0.1, 0.15) is 79.8 Å². The first-order valence-electron chi connectivity index (χ1n) is 16.1. The molecule has 13 nitrogen and oxygen atoms in total. The molecule has 4 aromatic rings. The Morgan fingerprint density at radius 3 is 2.39 bits per heavy atom. The van der Waals surface area contributed by atoms with Crippen molar-refractivity contribution in [3.63, 3.8) is 0 Å². The zero-order valence-corrected chi connectivity index (χ0v) is 27.9. The van der Waals surface area contributed by atoms with Crippen molar-refractivity contribution in [3.8, 4) is 22.9 Å². The largest absolute Gasteiger partial charge is 0.382 e. The van der Waals surface area contributed by atoms with Gasteiger partial charge in [-0.1, -0.05) is 32.0 Å². The van der Waals surface area contributed by atoms with Gasteiger partial charge in [0, 0.05) is 54.1 Å². The molecule has 0 saturated carbocycles. The van der Waals surface area contributed by atoms with Crippen LogP contribution in [0.3, 0.4) is 0 Å². The van der Waals surface area contributed by atoms with E-state index in [-0.39, 0.29) is 46.4 Å². The van der Waals surface area contributed by atoms with Crippen molar-refractivity contribution >= 4 is 29.7 Å². The summed E-state index contributed by atoms with van der Waals surface area (Å²) in [6.45, 7) is 8.66. The summed E-state index contributed by atoms with van der Waals surface area (Å²) in [6, 6.07) is 16.7. The molecule has 1 fully saturated rings. The maximum atomic E-state index is 13.5. The maximum absolute atomic E-state index is 13.5. The van der Waals surface area contributed by atoms with Crippen LogP contribution in [0.25, 0.3) is 16.8 Å². The second-order valence-electron chi connectivity index (χ2n) is 12.6. The van der Waals surface area contributed by atoms with Gasteiger partial charge in [-0.15, -0.1) is 0 Å². The summed E-state index contributed by atoms with van der Waals surface area (Å²) in [4.78, 5) is 62.1. The van der Waals surface area contributed by atoms with Crippen molar-refractivity contribution in [3.05, 3.63) is 104 Å². The molecule has 0 unspecified atom stereocenters. The molecule has 0 radical (unpaired) electrons. The number of hydrogen-bond donors (Lipinski definition) is 4. The van der Waals surface area contributed by atoms with Gasteiger partial charge >= 0.3 is 5.69 Å². The lowest BCUT2D eigenvalue weighted by Gasteiger charge is -2.32. The highest BCUT2D eigenvalue weighted by Gasteiger charge is 2.27. The van der Waals surface area contributed by atoms with Crippen molar-refractivity contribution in [2.24, 2.45) is 16.6 Å². The molecule has 3 heterocycles. The minimum Gasteiger partial charge on any atom is -0.382 e. The normalized spacial score (nSPS) is 13.8. The van der Waals surface area contributed by atoms with E-state index < -0.39 is 17.2 Å². The Hall–Kier alpha value is -6.03. The number of aliphatic imine (C=N–C) groups is 1. The van der Waals surface area contributed by atoms with Crippen LogP contribution in [-0.4, -0.2) is 56.1 Å². The average Bonchev–Trinajstić information content (AvgIpc) is 3.54. The Kier molecular flexibility index (Phi) is 10.1. The van der Waals surface area contributed by atoms with Gasteiger partial charge in [0.2, 0.25) is 5.91 Å². The van der Waals surface area contributed by atoms with Crippen LogP contribution in [0.15, 0.2) is 75.4 Å². The molecule has 1 aliphatic heterocycles. The molecule has 1 saturated heterocycles. The quantitative estimate of drug-likeness (QED) is 0.152. The van der Waals surface area contributed by atoms with Crippen LogP contribution in [0, 0.1) is 22.7 Å². The number of amidine groups is 1. The second-order valence-corrected chi connectivity index (χ2v) is 12.6. The number of anilines is 1. The number of nitrogens with two attached hydrogens (primary N) is 1. The van der Waals surface area contributed by atoms with Gasteiger partial charge in [0.05, 0.1) is 23.0 Å². The summed E-state index contributed by atoms with van der Waals surface area (Å²) >= 11 is 0. The zero-order chi connectivity index (χ0) is 35.4. The predicted molar refractivity (Wildman–Crippen MR) is 188 cm³/mol. The number of nitrogens with one attached hydrogen (secondary N) is 3. The fourth-order valence-corrected chi connectivity index (χ4v) is 6.01. The van der Waals surface area contributed by atoms with Gasteiger partial charge in [-0.05, 0) is 68.7 Å². The van der Waals surface area contributed by atoms with E-state index in [0.29, 0.717) is 24.5 Å². The number of carbonyl (C=O) groups is 2. The number of carbonyl (C=O) groups excluding carboxylic acids is 2. The van der Waals surface area contributed by atoms with Crippen LogP contribution in [-0.2, 0) is 4.79 Å². The first-order valence-corrected chi connectivity index (χ1v) is 16.1. The number of amides is 2. The molecule has 0 spiro atoms. The number of nitriles is 1. The number of likely N-dealkylation sites (tertiary alicyclic amines) is 1. The van der Waals surface area contributed by atoms with Gasteiger partial charge in [0.25, 0.3) is 11.5 Å². The van der Waals surface area contributed by atoms with Crippen molar-refractivity contribution in [2.75, 3.05) is 18.4 Å². The molecule has 13 heteroatoms. The molecule has 49 heavy (non-hydrogen) atoms. The molecule has 2 aromatic carbocycles. The van der Waals surface area contributed by atoms with Gasteiger partial charge in [-0.3, -0.25) is 24.4 Å². The third-order valence-electron chi connectivity index (χ3n) is 8.64. The summed E-state index contributed by atoms with van der Waals surface area (Å²) in [7, 11) is 0. The Morgan fingerprint density at radius 2 is 1.78 bits per heavy atom. The minimum atomic E-state index is -0.809. The first kappa shape index (κ1) is 34.3. The fraction of sp³-hybridized carbons (Fsp3) is 0.306. The van der Waals surface area contributed by atoms with E-state index in [2.05, 4.69) is 15.3 Å². The van der Waals surface area contributed by atoms with Crippen molar-refractivity contribution < 1.29 is 9.59 Å². The molecule has 0 bridgehead atoms. The van der Waals surface area contributed by atoms with Crippen molar-refractivity contribution in [1.82, 2.24) is 19.0 Å². The van der Waals surface area contributed by atoms with E-state index in [1.54, 1.807) is 50.2 Å². The Balaban J connectivity index is 1.43. The second kappa shape index (κ2) is 14.4. The van der Waals surface area contributed by atoms with E-state index in [0.717, 1.165) is 40.6 Å². The zero-order valence-electron chi connectivity index (χ0n) is 27.9. The topological polar surface area (TPSA) is 195 Å². The molecule has 5 N–H and O–H groups in total. The van der Waals surface area contributed by atoms with Crippen LogP contribution < -0.4 is 22.3 Å². The number of hydrogen-bond acceptors (Lipinski definition) is 6. The average molecular weight is 662 g/mol. The Bertz CT molecular complexity index is 2090. The molecule has 5 rings (SSSR count). The summed E-state index contributed by atoms with van der Waals surface area (Å²) < 4.78 is 2.20. The summed E-state index contributed by atoms with van der Waals surface area (Å²) in [5.41, 5.74) is 8.50. The number of aromatic nitrogens is 3. The highest BCUT2D eigenvalue weighted by Crippen LogP contribution is 2.34. The molecule has 252 valence electrons. The number of H-pyrrole nitrogens is 1. The van der Waals surface area contributed by atoms with Gasteiger partial charge in [-0.2, -0.15) is 5.26 Å². The first-order chi connectivity index (χ1) is 23.4. The molecule has 2 amide bonds. The van der Waals surface area contributed by atoms with E-state index in [4.69, 9.17) is 11.1 Å². The van der Waals surface area contributed by atoms with Gasteiger partial charge in [0.15, 0.2) is 0 Å². The Labute approximate surface area is 283 Å². The number of aromatic amines is 1. The number of rotatable bonds is 9. The number of benzene rings is 2. The van der Waals surface area contributed by atoms with E-state index in [1.165, 1.54) is 22.9 Å². The highest BCUT2D eigenvalue weighted by atomic mass is 16.2. The predicted octanol–water partition coefficient (Wildman–Crippen LogP) is 4.37. The highest BCUT2D eigenvalue weighted by molar-refractivity contribution is 6.06. The summed E-state index contributed by atoms with van der Waals surface area (Å²) in [5.74, 6) is -0.273. The summed E-state index contributed by atoms with van der Waals surface area (Å²) in [5, 5.41) is 19.5. The number of nitrogens with zero attached hydrogens (tertiary/aromatic N) is 5. The molecule has 0 aliphatic carbocycles. The summed E-state index contributed by atoms with van der Waals surface area (Å²) in [6.07, 6.45) is 3.72. The molecule has 2 aromatic heterocycles. The van der Waals surface area contributed by atoms with E-state index in [1.807, 2.05) is 30.9 Å². The Morgan fingerprint density at radius 1 is 1.08 bits per heavy atom. The van der Waals surface area contributed by atoms with E-state index >= 15 is 0 Å². The molecular weight excluding hydrogens is 622 g/mol. The standard InChI is InChI=1S/C36H39N9O4/c1-21(2)34(47)43-14-12-25(13-15-43)30-17-28(31(42-30)32(39)40-20-38)24-8-10-26(11-9-24)41-33(46)29-19-44(22(3)4)36(49)45(35(29)48)27-7-5-6-23(16-27)18-37/h5-11,16-17,19-22,25,42H,12-15H2,1-4H3,(H,41,46)(H3,38,39,40). The van der Waals surface area contributed by atoms with Crippen LogP contribution >= 0.6 is 0 Å². The van der Waals surface area contributed by atoms with Crippen LogP contribution in [0.5, 0.6) is 0 Å². The van der Waals surface area contributed by atoms with Crippen molar-refractivity contribution in [1.29, 1.82) is 10.7 Å². The van der Waals surface area contributed by atoms with Crippen molar-refractivity contribution in [2.45, 2.75) is 52.5 Å². The minimum absolute atomic E-state index is 0.0494. The number of piperidine rings is 1. The van der Waals surface area contributed by atoms with Gasteiger partial charge < -0.3 is 20.9 Å². The van der Waals surface area contributed by atoms with Crippen LogP contribution in [0.4, 0.5) is 5.69 Å². The lowest BCUT2D eigenvalue weighted by Crippen LogP contribution is -2.42. The fourth-order valence-electron chi connectivity index (χ4n) is 6.01. The maximum Gasteiger partial charge on any atom is 0.335 e. The van der Waals surface area contributed by atoms with Gasteiger partial charge in [0.1, 0.15) is 17.7 Å². The lowest BCUT2D eigenvalue weighted by molar-refractivity contribution is -0.135. The third kappa shape index (κ3) is 7.13. The molecule has 0 atom stereocenters. The smallest absolute Gasteiger partial charge is 0.335 e. The third-order valence-corrected chi connectivity index (χ3v) is 8.64. The van der Waals surface area contributed by atoms with E-state index in [9.17, 15) is 24.4 Å².